The van der Waals surface area contributed by atoms with Gasteiger partial charge in [0.15, 0.2) is 0 Å². The van der Waals surface area contributed by atoms with Crippen molar-refractivity contribution in [2.24, 2.45) is 0 Å². The van der Waals surface area contributed by atoms with E-state index in [0.29, 0.717) is 49.7 Å². The fraction of sp³-hybridized carbons (Fsp3) is 0.276. The maximum absolute atomic E-state index is 13.0. The largest absolute Gasteiger partial charge is 0.487 e. The van der Waals surface area contributed by atoms with E-state index in [1.165, 1.54) is 5.56 Å². The first-order valence-electron chi connectivity index (χ1n) is 12.4. The minimum Gasteiger partial charge on any atom is -0.487 e. The van der Waals surface area contributed by atoms with Crippen molar-refractivity contribution in [3.63, 3.8) is 0 Å². The molecule has 0 aliphatic carbocycles. The Balaban J connectivity index is 1.14. The van der Waals surface area contributed by atoms with Crippen molar-refractivity contribution in [1.82, 2.24) is 19.2 Å². The summed E-state index contributed by atoms with van der Waals surface area (Å²) < 4.78 is 7.88. The molecule has 3 heterocycles. The Kier molecular flexibility index (Phi) is 6.71. The molecule has 0 atom stereocenters. The van der Waals surface area contributed by atoms with E-state index in [0.717, 1.165) is 23.3 Å². The quantitative estimate of drug-likeness (QED) is 0.409. The van der Waals surface area contributed by atoms with Crippen molar-refractivity contribution in [1.29, 1.82) is 0 Å². The molecule has 0 radical (unpaired) electrons. The fourth-order valence-electron chi connectivity index (χ4n) is 4.49. The summed E-state index contributed by atoms with van der Waals surface area (Å²) in [6, 6.07) is 19.0. The highest BCUT2D eigenvalue weighted by molar-refractivity contribution is 5.96. The molecule has 1 saturated heterocycles. The average molecular weight is 483 g/mol. The molecule has 0 spiro atoms. The van der Waals surface area contributed by atoms with Crippen LogP contribution in [0.15, 0.2) is 73.1 Å². The van der Waals surface area contributed by atoms with E-state index in [2.05, 4.69) is 11.9 Å². The van der Waals surface area contributed by atoms with Crippen molar-refractivity contribution in [2.45, 2.75) is 26.9 Å². The molecule has 0 bridgehead atoms. The summed E-state index contributed by atoms with van der Waals surface area (Å²) in [6.07, 6.45) is 4.88. The van der Waals surface area contributed by atoms with Gasteiger partial charge in [-0.25, -0.2) is 4.98 Å². The number of aryl methyl sites for hydroxylation is 2. The van der Waals surface area contributed by atoms with Crippen molar-refractivity contribution >= 4 is 17.5 Å². The first kappa shape index (κ1) is 23.6. The summed E-state index contributed by atoms with van der Waals surface area (Å²) in [5.74, 6) is 0.675. The number of piperazine rings is 1. The van der Waals surface area contributed by atoms with Gasteiger partial charge in [-0.1, -0.05) is 25.1 Å². The van der Waals surface area contributed by atoms with Crippen LogP contribution in [0.3, 0.4) is 0 Å². The summed E-state index contributed by atoms with van der Waals surface area (Å²) in [4.78, 5) is 34.1. The van der Waals surface area contributed by atoms with Crippen LogP contribution in [0.25, 0.3) is 5.65 Å². The van der Waals surface area contributed by atoms with Crippen LogP contribution in [0.2, 0.25) is 0 Å². The molecule has 2 aromatic carbocycles. The monoisotopic (exact) mass is 482 g/mol. The number of amides is 2. The third-order valence-electron chi connectivity index (χ3n) is 6.68. The van der Waals surface area contributed by atoms with Crippen LogP contribution >= 0.6 is 0 Å². The normalized spacial score (nSPS) is 13.7. The second-order valence-corrected chi connectivity index (χ2v) is 9.10. The molecule has 1 aliphatic heterocycles. The topological polar surface area (TPSA) is 67.2 Å². The van der Waals surface area contributed by atoms with E-state index in [4.69, 9.17) is 4.74 Å². The molecule has 184 valence electrons. The van der Waals surface area contributed by atoms with Crippen LogP contribution < -0.4 is 4.74 Å². The van der Waals surface area contributed by atoms with Gasteiger partial charge in [-0.3, -0.25) is 9.59 Å². The van der Waals surface area contributed by atoms with Crippen LogP contribution in [0.5, 0.6) is 5.75 Å². The number of hydrogen-bond donors (Lipinski definition) is 0. The summed E-state index contributed by atoms with van der Waals surface area (Å²) in [6.45, 7) is 6.57. The lowest BCUT2D eigenvalue weighted by Gasteiger charge is -2.35. The van der Waals surface area contributed by atoms with Crippen LogP contribution in [-0.2, 0) is 13.0 Å². The number of fused-ring (bicyclic) bond motifs is 1. The van der Waals surface area contributed by atoms with E-state index in [1.54, 1.807) is 17.0 Å². The number of rotatable bonds is 6. The van der Waals surface area contributed by atoms with Gasteiger partial charge in [0.2, 0.25) is 0 Å². The van der Waals surface area contributed by atoms with E-state index in [9.17, 15) is 9.59 Å². The molecule has 0 N–H and O–H groups in total. The zero-order chi connectivity index (χ0) is 25.1. The van der Waals surface area contributed by atoms with Gasteiger partial charge in [-0.2, -0.15) is 0 Å². The molecular weight excluding hydrogens is 452 g/mol. The van der Waals surface area contributed by atoms with Crippen molar-refractivity contribution in [3.05, 3.63) is 101 Å². The Labute approximate surface area is 210 Å². The van der Waals surface area contributed by atoms with Crippen LogP contribution in [0.4, 0.5) is 0 Å². The molecule has 2 amide bonds. The van der Waals surface area contributed by atoms with Crippen molar-refractivity contribution in [2.75, 3.05) is 26.2 Å². The smallest absolute Gasteiger partial charge is 0.253 e. The molecule has 0 unspecified atom stereocenters. The number of imidazole rings is 1. The van der Waals surface area contributed by atoms with Gasteiger partial charge in [0.25, 0.3) is 11.8 Å². The number of carbonyl (C=O) groups excluding carboxylic acids is 2. The molecule has 1 fully saturated rings. The maximum Gasteiger partial charge on any atom is 0.253 e. The number of pyridine rings is 1. The predicted octanol–water partition coefficient (Wildman–Crippen LogP) is 4.38. The molecule has 4 aromatic rings. The van der Waals surface area contributed by atoms with Gasteiger partial charge in [-0.15, -0.1) is 0 Å². The van der Waals surface area contributed by atoms with E-state index >= 15 is 0 Å². The number of nitrogens with zero attached hydrogens (tertiary/aromatic N) is 4. The van der Waals surface area contributed by atoms with Gasteiger partial charge in [0, 0.05) is 49.7 Å². The number of benzene rings is 2. The first-order valence-corrected chi connectivity index (χ1v) is 12.4. The third-order valence-corrected chi connectivity index (χ3v) is 6.68. The molecule has 36 heavy (non-hydrogen) atoms. The number of ether oxygens (including phenoxy) is 1. The fourth-order valence-corrected chi connectivity index (χ4v) is 4.49. The molecule has 0 saturated carbocycles. The predicted molar refractivity (Wildman–Crippen MR) is 138 cm³/mol. The van der Waals surface area contributed by atoms with Crippen LogP contribution in [0.1, 0.15) is 44.5 Å². The zero-order valence-corrected chi connectivity index (χ0v) is 20.7. The molecule has 2 aromatic heterocycles. The Hall–Kier alpha value is -4.13. The highest BCUT2D eigenvalue weighted by Gasteiger charge is 2.25. The minimum absolute atomic E-state index is 0.0204. The van der Waals surface area contributed by atoms with E-state index < -0.39 is 0 Å². The Bertz CT molecular complexity index is 1370. The summed E-state index contributed by atoms with van der Waals surface area (Å²) in [5, 5.41) is 0. The number of hydrogen-bond acceptors (Lipinski definition) is 4. The summed E-state index contributed by atoms with van der Waals surface area (Å²) in [7, 11) is 0. The van der Waals surface area contributed by atoms with Crippen molar-refractivity contribution < 1.29 is 14.3 Å². The molecule has 5 rings (SSSR count). The van der Waals surface area contributed by atoms with Gasteiger partial charge in [-0.05, 0) is 66.9 Å². The van der Waals surface area contributed by atoms with Crippen LogP contribution in [0, 0.1) is 6.92 Å². The van der Waals surface area contributed by atoms with E-state index in [-0.39, 0.29) is 11.8 Å². The number of carbonyl (C=O) groups is 2. The molecule has 7 nitrogen and oxygen atoms in total. The minimum atomic E-state index is -0.0308. The Morgan fingerprint density at radius 1 is 0.861 bits per heavy atom. The van der Waals surface area contributed by atoms with Gasteiger partial charge in [0.1, 0.15) is 18.0 Å². The highest BCUT2D eigenvalue weighted by Crippen LogP contribution is 2.18. The SMILES string of the molecule is CCc1ccc(C(=O)N2CCN(C(=O)c3ccc(OCc4cn5cccc(C)c5n4)cc3)CC2)cc1. The van der Waals surface area contributed by atoms with Gasteiger partial charge < -0.3 is 18.9 Å². The maximum atomic E-state index is 13.0. The van der Waals surface area contributed by atoms with Gasteiger partial charge in [0.05, 0.1) is 5.69 Å². The lowest BCUT2D eigenvalue weighted by atomic mass is 10.1. The molecule has 7 heteroatoms. The Morgan fingerprint density at radius 2 is 1.44 bits per heavy atom. The lowest BCUT2D eigenvalue weighted by molar-refractivity contribution is 0.0535. The van der Waals surface area contributed by atoms with Gasteiger partial charge >= 0.3 is 0 Å². The molecule has 1 aliphatic rings. The summed E-state index contributed by atoms with van der Waals surface area (Å²) >= 11 is 0. The first-order chi connectivity index (χ1) is 17.5. The standard InChI is InChI=1S/C29H30N4O3/c1-3-22-6-8-23(9-7-22)28(34)31-15-17-32(18-16-31)29(35)24-10-12-26(13-11-24)36-20-25-19-33-14-4-5-21(2)27(33)30-25/h4-14,19H,3,15-18,20H2,1-2H3. The average Bonchev–Trinajstić information content (AvgIpc) is 3.36. The van der Waals surface area contributed by atoms with E-state index in [1.807, 2.05) is 77.1 Å². The number of aromatic nitrogens is 2. The Morgan fingerprint density at radius 3 is 2.00 bits per heavy atom. The zero-order valence-electron chi connectivity index (χ0n) is 20.7. The summed E-state index contributed by atoms with van der Waals surface area (Å²) in [5.41, 5.74) is 5.40. The van der Waals surface area contributed by atoms with Crippen LogP contribution in [-0.4, -0.2) is 57.2 Å². The third kappa shape index (κ3) is 4.96. The molecular formula is C29H30N4O3. The highest BCUT2D eigenvalue weighted by atomic mass is 16.5. The van der Waals surface area contributed by atoms with Crippen molar-refractivity contribution in [3.8, 4) is 5.75 Å². The lowest BCUT2D eigenvalue weighted by Crippen LogP contribution is -2.50. The second kappa shape index (κ2) is 10.2. The second-order valence-electron chi connectivity index (χ2n) is 9.10.